The van der Waals surface area contributed by atoms with E-state index in [1.165, 1.54) is 5.56 Å². The molecule has 0 bridgehead atoms. The van der Waals surface area contributed by atoms with Gasteiger partial charge in [0.2, 0.25) is 0 Å². The molecule has 0 saturated heterocycles. The van der Waals surface area contributed by atoms with Gasteiger partial charge in [0.1, 0.15) is 0 Å². The van der Waals surface area contributed by atoms with Crippen LogP contribution < -0.4 is 11.3 Å². The van der Waals surface area contributed by atoms with E-state index < -0.39 is 0 Å². The van der Waals surface area contributed by atoms with Crippen LogP contribution in [0.2, 0.25) is 5.02 Å². The number of aromatic nitrogens is 2. The minimum Gasteiger partial charge on any atom is -0.330 e. The van der Waals surface area contributed by atoms with E-state index in [2.05, 4.69) is 11.2 Å². The highest BCUT2D eigenvalue weighted by molar-refractivity contribution is 6.30. The van der Waals surface area contributed by atoms with E-state index in [1.54, 1.807) is 16.8 Å². The maximum Gasteiger partial charge on any atom is 0.267 e. The van der Waals surface area contributed by atoms with Crippen LogP contribution >= 0.6 is 11.6 Å². The van der Waals surface area contributed by atoms with Gasteiger partial charge in [-0.1, -0.05) is 54.1 Å². The minimum atomic E-state index is -0.0813. The fourth-order valence-corrected chi connectivity index (χ4v) is 4.47. The summed E-state index contributed by atoms with van der Waals surface area (Å²) < 4.78 is 1.67. The summed E-state index contributed by atoms with van der Waals surface area (Å²) in [5.74, 6) is 0. The monoisotopic (exact) mass is 393 g/mol. The van der Waals surface area contributed by atoms with E-state index in [4.69, 9.17) is 17.3 Å². The molecule has 0 unspecified atom stereocenters. The number of hydrogen-bond acceptors (Lipinski definition) is 3. The molecule has 2 N–H and O–H groups in total. The van der Waals surface area contributed by atoms with E-state index in [0.29, 0.717) is 6.54 Å². The quantitative estimate of drug-likeness (QED) is 0.705. The van der Waals surface area contributed by atoms with Crippen LogP contribution in [-0.4, -0.2) is 16.3 Å². The van der Waals surface area contributed by atoms with Crippen molar-refractivity contribution in [3.63, 3.8) is 0 Å². The highest BCUT2D eigenvalue weighted by Crippen LogP contribution is 2.42. The zero-order valence-electron chi connectivity index (χ0n) is 15.7. The van der Waals surface area contributed by atoms with Crippen molar-refractivity contribution in [2.24, 2.45) is 5.73 Å². The highest BCUT2D eigenvalue weighted by Gasteiger charge is 2.37. The summed E-state index contributed by atoms with van der Waals surface area (Å²) in [6.45, 7) is 0.576. The predicted molar refractivity (Wildman–Crippen MR) is 114 cm³/mol. The Morgan fingerprint density at radius 2 is 1.79 bits per heavy atom. The molecule has 1 aliphatic rings. The summed E-state index contributed by atoms with van der Waals surface area (Å²) in [5, 5.41) is 5.42. The molecule has 5 heteroatoms. The third kappa shape index (κ3) is 3.62. The second-order valence-electron chi connectivity index (χ2n) is 7.59. The van der Waals surface area contributed by atoms with Gasteiger partial charge in [-0.2, -0.15) is 5.10 Å². The van der Waals surface area contributed by atoms with Gasteiger partial charge in [0.25, 0.3) is 5.56 Å². The first-order chi connectivity index (χ1) is 13.6. The second-order valence-corrected chi connectivity index (χ2v) is 8.03. The van der Waals surface area contributed by atoms with Crippen molar-refractivity contribution in [1.29, 1.82) is 0 Å². The van der Waals surface area contributed by atoms with Crippen molar-refractivity contribution in [3.05, 3.63) is 87.7 Å². The van der Waals surface area contributed by atoms with E-state index >= 15 is 0 Å². The van der Waals surface area contributed by atoms with E-state index in [9.17, 15) is 4.79 Å². The lowest BCUT2D eigenvalue weighted by molar-refractivity contribution is 0.222. The van der Waals surface area contributed by atoms with Gasteiger partial charge in [-0.15, -0.1) is 0 Å². The van der Waals surface area contributed by atoms with Gasteiger partial charge in [0, 0.05) is 28.6 Å². The summed E-state index contributed by atoms with van der Waals surface area (Å²) >= 11 is 6.21. The van der Waals surface area contributed by atoms with Crippen LogP contribution in [0.3, 0.4) is 0 Å². The van der Waals surface area contributed by atoms with Crippen LogP contribution in [0, 0.1) is 0 Å². The highest BCUT2D eigenvalue weighted by atomic mass is 35.5. The van der Waals surface area contributed by atoms with E-state index in [-0.39, 0.29) is 17.0 Å². The van der Waals surface area contributed by atoms with Gasteiger partial charge >= 0.3 is 0 Å². The Kier molecular flexibility index (Phi) is 5.33. The molecule has 144 valence electrons. The van der Waals surface area contributed by atoms with Gasteiger partial charge < -0.3 is 5.73 Å². The Hall–Kier alpha value is -2.43. The second kappa shape index (κ2) is 7.90. The van der Waals surface area contributed by atoms with Crippen molar-refractivity contribution in [3.8, 4) is 11.3 Å². The van der Waals surface area contributed by atoms with Gasteiger partial charge in [-0.05, 0) is 49.4 Å². The third-order valence-corrected chi connectivity index (χ3v) is 6.22. The molecule has 1 saturated carbocycles. The van der Waals surface area contributed by atoms with Gasteiger partial charge in [0.15, 0.2) is 0 Å². The SMILES string of the molecule is NCC1(c2cccc(Cl)c2)CCC(n2nc(-c3ccccc3)ccc2=O)CC1. The van der Waals surface area contributed by atoms with Crippen LogP contribution in [0.25, 0.3) is 11.3 Å². The molecule has 4 nitrogen and oxygen atoms in total. The molecule has 3 aromatic rings. The van der Waals surface area contributed by atoms with Crippen molar-refractivity contribution in [2.45, 2.75) is 37.1 Å². The molecule has 1 aromatic heterocycles. The van der Waals surface area contributed by atoms with Crippen LogP contribution in [0.1, 0.15) is 37.3 Å². The summed E-state index contributed by atoms with van der Waals surface area (Å²) in [4.78, 5) is 12.5. The maximum atomic E-state index is 12.5. The summed E-state index contributed by atoms with van der Waals surface area (Å²) in [7, 11) is 0. The molecule has 28 heavy (non-hydrogen) atoms. The van der Waals surface area contributed by atoms with Crippen molar-refractivity contribution < 1.29 is 0 Å². The lowest BCUT2D eigenvalue weighted by Crippen LogP contribution is -2.41. The van der Waals surface area contributed by atoms with E-state index in [1.807, 2.05) is 48.5 Å². The van der Waals surface area contributed by atoms with Crippen molar-refractivity contribution in [1.82, 2.24) is 9.78 Å². The fourth-order valence-electron chi connectivity index (χ4n) is 4.28. The number of nitrogens with zero attached hydrogens (tertiary/aromatic N) is 2. The first-order valence-corrected chi connectivity index (χ1v) is 10.1. The molecule has 4 rings (SSSR count). The number of rotatable bonds is 4. The van der Waals surface area contributed by atoms with Crippen LogP contribution in [0.15, 0.2) is 71.5 Å². The number of halogens is 1. The lowest BCUT2D eigenvalue weighted by atomic mass is 9.68. The molecule has 0 aliphatic heterocycles. The Bertz CT molecular complexity index is 1010. The first kappa shape index (κ1) is 18.9. The van der Waals surface area contributed by atoms with Crippen LogP contribution in [0.5, 0.6) is 0 Å². The van der Waals surface area contributed by atoms with Crippen LogP contribution in [-0.2, 0) is 5.41 Å². The van der Waals surface area contributed by atoms with Gasteiger partial charge in [0.05, 0.1) is 11.7 Å². The summed E-state index contributed by atoms with van der Waals surface area (Å²) in [6.07, 6.45) is 3.57. The molecule has 1 aliphatic carbocycles. The van der Waals surface area contributed by atoms with Crippen molar-refractivity contribution >= 4 is 11.6 Å². The van der Waals surface area contributed by atoms with Crippen LogP contribution in [0.4, 0.5) is 0 Å². The average molecular weight is 394 g/mol. The maximum absolute atomic E-state index is 12.5. The fraction of sp³-hybridized carbons (Fsp3) is 0.304. The number of nitrogens with two attached hydrogens (primary N) is 1. The molecule has 1 heterocycles. The molecule has 0 radical (unpaired) electrons. The first-order valence-electron chi connectivity index (χ1n) is 9.73. The third-order valence-electron chi connectivity index (χ3n) is 5.98. The summed E-state index contributed by atoms with van der Waals surface area (Å²) in [6, 6.07) is 21.5. The number of benzene rings is 2. The smallest absolute Gasteiger partial charge is 0.267 e. The molecular weight excluding hydrogens is 370 g/mol. The standard InChI is InChI=1S/C23H24ClN3O/c24-19-8-4-7-18(15-19)23(16-25)13-11-20(12-14-23)27-22(28)10-9-21(26-27)17-5-2-1-3-6-17/h1-10,15,20H,11-14,16,25H2. The van der Waals surface area contributed by atoms with Gasteiger partial charge in [-0.25, -0.2) is 4.68 Å². The largest absolute Gasteiger partial charge is 0.330 e. The molecular formula is C23H24ClN3O. The Morgan fingerprint density at radius 1 is 1.04 bits per heavy atom. The normalized spacial score (nSPS) is 22.1. The average Bonchev–Trinajstić information content (AvgIpc) is 2.75. The van der Waals surface area contributed by atoms with Gasteiger partial charge in [-0.3, -0.25) is 4.79 Å². The zero-order valence-corrected chi connectivity index (χ0v) is 16.5. The topological polar surface area (TPSA) is 60.9 Å². The summed E-state index contributed by atoms with van der Waals surface area (Å²) in [5.41, 5.74) is 9.11. The zero-order chi connectivity index (χ0) is 19.6. The minimum absolute atomic E-state index is 0.0484. The molecule has 0 atom stereocenters. The Morgan fingerprint density at radius 3 is 2.46 bits per heavy atom. The van der Waals surface area contributed by atoms with E-state index in [0.717, 1.165) is 42.0 Å². The van der Waals surface area contributed by atoms with Crippen molar-refractivity contribution in [2.75, 3.05) is 6.54 Å². The molecule has 2 aromatic carbocycles. The molecule has 0 amide bonds. The number of hydrogen-bond donors (Lipinski definition) is 1. The Balaban J connectivity index is 1.59. The predicted octanol–water partition coefficient (Wildman–Crippen LogP) is 4.58. The lowest BCUT2D eigenvalue weighted by Gasteiger charge is -2.40. The molecule has 1 fully saturated rings. The Labute approximate surface area is 170 Å². The molecule has 0 spiro atoms.